The fraction of sp³-hybridized carbons (Fsp3) is 0.611. The van der Waals surface area contributed by atoms with E-state index in [4.69, 9.17) is 18.9 Å². The standard InChI is InChI=1S/C36H42N2O7/c1-20(43-34(40)44-24-7-3-2-4-8-24)42-33(39)23-12-13-25-26-18-36(41)29-17-22-6-5-9-28-30(22)35(36,14-15-38(29)19-21-10-11-21)32(45-28)31(26)37-27(25)16-23/h5-6,9,12-13,16,20-21,24,26,29,31-32,37,41H,2-4,7-8,10-11,14-15,17-19H2,1H3. The van der Waals surface area contributed by atoms with Crippen LogP contribution < -0.4 is 10.1 Å². The molecule has 9 heteroatoms. The van der Waals surface area contributed by atoms with Crippen LogP contribution >= 0.6 is 0 Å². The Bertz CT molecular complexity index is 1550. The Morgan fingerprint density at radius 3 is 2.78 bits per heavy atom. The normalized spacial score (nSPS) is 34.8. The van der Waals surface area contributed by atoms with Crippen molar-refractivity contribution >= 4 is 17.8 Å². The number of aliphatic hydroxyl groups is 1. The predicted octanol–water partition coefficient (Wildman–Crippen LogP) is 5.43. The highest BCUT2D eigenvalue weighted by Crippen LogP contribution is 2.67. The van der Waals surface area contributed by atoms with Crippen molar-refractivity contribution in [2.45, 2.75) is 119 Å². The average molecular weight is 615 g/mol. The van der Waals surface area contributed by atoms with Crippen LogP contribution in [-0.2, 0) is 26.0 Å². The SMILES string of the molecule is CC(OC(=O)OC1CCCCC1)OC(=O)c1ccc2c(c1)NC1C2CC2(O)C3Cc4cccc5c4C2(CCN3CC2CC2)C1O5. The number of hydrogen-bond acceptors (Lipinski definition) is 9. The van der Waals surface area contributed by atoms with Crippen LogP contribution in [0, 0.1) is 5.92 Å². The van der Waals surface area contributed by atoms with Gasteiger partial charge in [-0.05, 0) is 99.6 Å². The molecule has 7 unspecified atom stereocenters. The summed E-state index contributed by atoms with van der Waals surface area (Å²) in [5, 5.41) is 16.8. The first-order valence-corrected chi connectivity index (χ1v) is 17.1. The van der Waals surface area contributed by atoms with Gasteiger partial charge in [-0.2, -0.15) is 0 Å². The molecule has 2 bridgehead atoms. The van der Waals surface area contributed by atoms with E-state index in [0.29, 0.717) is 12.0 Å². The lowest BCUT2D eigenvalue weighted by atomic mass is 9.46. The van der Waals surface area contributed by atoms with Crippen LogP contribution in [0.25, 0.3) is 0 Å². The second-order valence-corrected chi connectivity index (χ2v) is 14.6. The van der Waals surface area contributed by atoms with Crippen LogP contribution in [0.4, 0.5) is 10.5 Å². The minimum atomic E-state index is -1.08. The largest absolute Gasteiger partial charge is 0.511 e. The van der Waals surface area contributed by atoms with Gasteiger partial charge in [0.15, 0.2) is 0 Å². The number of fused-ring (bicyclic) bond motifs is 4. The second kappa shape index (κ2) is 10.1. The Morgan fingerprint density at radius 2 is 1.96 bits per heavy atom. The van der Waals surface area contributed by atoms with Crippen molar-refractivity contribution in [2.75, 3.05) is 18.4 Å². The van der Waals surface area contributed by atoms with Crippen molar-refractivity contribution in [1.29, 1.82) is 0 Å². The molecule has 2 aromatic carbocycles. The molecule has 7 aliphatic rings. The van der Waals surface area contributed by atoms with E-state index in [9.17, 15) is 14.7 Å². The third-order valence-electron chi connectivity index (χ3n) is 12.1. The molecule has 3 saturated carbocycles. The molecule has 238 valence electrons. The number of benzene rings is 2. The van der Waals surface area contributed by atoms with Gasteiger partial charge in [-0.3, -0.25) is 4.90 Å². The number of ether oxygens (including phenoxy) is 4. The van der Waals surface area contributed by atoms with Crippen LogP contribution in [-0.4, -0.2) is 71.4 Å². The second-order valence-electron chi connectivity index (χ2n) is 14.6. The first-order chi connectivity index (χ1) is 21.8. The van der Waals surface area contributed by atoms with E-state index in [1.165, 1.54) is 30.9 Å². The Labute approximate surface area is 263 Å². The maximum absolute atomic E-state index is 13.2. The molecule has 2 aromatic rings. The van der Waals surface area contributed by atoms with Gasteiger partial charge in [0.05, 0.1) is 22.6 Å². The van der Waals surface area contributed by atoms with Crippen molar-refractivity contribution < 1.29 is 33.6 Å². The number of rotatable bonds is 6. The molecule has 1 saturated heterocycles. The molecule has 0 aromatic heterocycles. The van der Waals surface area contributed by atoms with Crippen LogP contribution in [0.1, 0.15) is 97.7 Å². The van der Waals surface area contributed by atoms with Crippen LogP contribution in [0.5, 0.6) is 5.75 Å². The highest BCUT2D eigenvalue weighted by atomic mass is 16.8. The summed E-state index contributed by atoms with van der Waals surface area (Å²) >= 11 is 0. The average Bonchev–Trinajstić information content (AvgIpc) is 3.67. The van der Waals surface area contributed by atoms with Crippen LogP contribution in [0.3, 0.4) is 0 Å². The summed E-state index contributed by atoms with van der Waals surface area (Å²) in [6.45, 7) is 3.57. The third kappa shape index (κ3) is 4.18. The highest BCUT2D eigenvalue weighted by molar-refractivity contribution is 5.91. The van der Waals surface area contributed by atoms with E-state index in [1.807, 2.05) is 12.1 Å². The number of nitrogens with one attached hydrogen (secondary N) is 1. The zero-order valence-electron chi connectivity index (χ0n) is 25.8. The summed E-state index contributed by atoms with van der Waals surface area (Å²) in [5.74, 6) is 1.15. The van der Waals surface area contributed by atoms with E-state index in [-0.39, 0.29) is 30.2 Å². The lowest BCUT2D eigenvalue weighted by Crippen LogP contribution is -2.78. The molecule has 9 rings (SSSR count). The number of carbonyl (C=O) groups is 2. The minimum Gasteiger partial charge on any atom is -0.487 e. The van der Waals surface area contributed by atoms with Crippen molar-refractivity contribution in [2.24, 2.45) is 5.92 Å². The molecule has 0 amide bonds. The smallest absolute Gasteiger partial charge is 0.487 e. The summed E-state index contributed by atoms with van der Waals surface area (Å²) in [6, 6.07) is 12.0. The van der Waals surface area contributed by atoms with Gasteiger partial charge in [-0.15, -0.1) is 0 Å². The molecule has 3 heterocycles. The number of nitrogens with zero attached hydrogens (tertiary/aromatic N) is 1. The zero-order valence-corrected chi connectivity index (χ0v) is 25.8. The molecule has 45 heavy (non-hydrogen) atoms. The predicted molar refractivity (Wildman–Crippen MR) is 164 cm³/mol. The van der Waals surface area contributed by atoms with E-state index in [1.54, 1.807) is 6.07 Å². The lowest BCUT2D eigenvalue weighted by Gasteiger charge is -2.65. The van der Waals surface area contributed by atoms with Gasteiger partial charge in [0.1, 0.15) is 18.0 Å². The van der Waals surface area contributed by atoms with Crippen LogP contribution in [0.2, 0.25) is 0 Å². The molecule has 0 radical (unpaired) electrons. The monoisotopic (exact) mass is 614 g/mol. The Hall–Kier alpha value is -3.30. The maximum Gasteiger partial charge on any atom is 0.511 e. The first-order valence-electron chi connectivity index (χ1n) is 17.1. The molecule has 4 aliphatic carbocycles. The summed E-state index contributed by atoms with van der Waals surface area (Å²) in [4.78, 5) is 28.0. The number of piperidine rings is 1. The zero-order chi connectivity index (χ0) is 30.5. The molecular weight excluding hydrogens is 572 g/mol. The number of likely N-dealkylation sites (tertiary alicyclic amines) is 1. The van der Waals surface area contributed by atoms with Gasteiger partial charge < -0.3 is 29.4 Å². The van der Waals surface area contributed by atoms with E-state index >= 15 is 0 Å². The van der Waals surface area contributed by atoms with E-state index in [2.05, 4.69) is 28.4 Å². The molecule has 2 N–H and O–H groups in total. The Kier molecular flexibility index (Phi) is 6.28. The summed E-state index contributed by atoms with van der Waals surface area (Å²) in [7, 11) is 0. The van der Waals surface area contributed by atoms with Crippen molar-refractivity contribution in [3.63, 3.8) is 0 Å². The number of anilines is 1. The molecular formula is C36H42N2O7. The minimum absolute atomic E-state index is 0.0302. The van der Waals surface area contributed by atoms with E-state index < -0.39 is 29.4 Å². The van der Waals surface area contributed by atoms with Gasteiger partial charge in [0.25, 0.3) is 0 Å². The van der Waals surface area contributed by atoms with Crippen molar-refractivity contribution in [3.05, 3.63) is 58.7 Å². The fourth-order valence-corrected chi connectivity index (χ4v) is 10.00. The Balaban J connectivity index is 0.964. The molecule has 1 spiro atoms. The third-order valence-corrected chi connectivity index (χ3v) is 12.1. The van der Waals surface area contributed by atoms with Crippen LogP contribution in [0.15, 0.2) is 36.4 Å². The lowest BCUT2D eigenvalue weighted by molar-refractivity contribution is -0.191. The summed E-state index contributed by atoms with van der Waals surface area (Å²) < 4.78 is 23.0. The first kappa shape index (κ1) is 28.0. The van der Waals surface area contributed by atoms with Crippen molar-refractivity contribution in [3.8, 4) is 5.75 Å². The van der Waals surface area contributed by atoms with Crippen molar-refractivity contribution in [1.82, 2.24) is 4.90 Å². The summed E-state index contributed by atoms with van der Waals surface area (Å²) in [5.41, 5.74) is 3.52. The summed E-state index contributed by atoms with van der Waals surface area (Å²) in [6.07, 6.45) is 7.64. The quantitative estimate of drug-likeness (QED) is 0.326. The maximum atomic E-state index is 13.2. The topological polar surface area (TPSA) is 107 Å². The van der Waals surface area contributed by atoms with Gasteiger partial charge in [-0.1, -0.05) is 24.6 Å². The van der Waals surface area contributed by atoms with E-state index in [0.717, 1.165) is 81.0 Å². The van der Waals surface area contributed by atoms with Gasteiger partial charge in [0, 0.05) is 36.7 Å². The highest BCUT2D eigenvalue weighted by Gasteiger charge is 2.75. The van der Waals surface area contributed by atoms with Gasteiger partial charge >= 0.3 is 12.1 Å². The fourth-order valence-electron chi connectivity index (χ4n) is 10.00. The molecule has 7 atom stereocenters. The molecule has 9 nitrogen and oxygen atoms in total. The number of hydrogen-bond donors (Lipinski definition) is 2. The van der Waals surface area contributed by atoms with Gasteiger partial charge in [-0.25, -0.2) is 9.59 Å². The number of carbonyl (C=O) groups excluding carboxylic acids is 2. The van der Waals surface area contributed by atoms with Gasteiger partial charge in [0.2, 0.25) is 6.29 Å². The number of esters is 1. The molecule has 4 fully saturated rings. The molecule has 3 aliphatic heterocycles. The Morgan fingerprint density at radius 1 is 1.11 bits per heavy atom.